The molecule has 16 aromatic carbocycles. The maximum Gasteiger partial charge on any atom is 0.0561 e. The molecule has 0 unspecified atom stereocenters. The molecule has 0 N–H and O–H groups in total. The molecule has 0 atom stereocenters. The molecule has 4 heteroatoms. The van der Waals surface area contributed by atoms with Crippen molar-refractivity contribution in [3.05, 3.63) is 372 Å². The Labute approximate surface area is 754 Å². The molecule has 0 saturated heterocycles. The minimum absolute atomic E-state index is 0.0283. The van der Waals surface area contributed by atoms with Gasteiger partial charge in [-0.15, -0.1) is 0 Å². The Kier molecular flexibility index (Phi) is 26.0. The van der Waals surface area contributed by atoms with Gasteiger partial charge in [0.25, 0.3) is 0 Å². The molecule has 0 aliphatic carbocycles. The lowest BCUT2D eigenvalue weighted by Crippen LogP contribution is -2.16. The lowest BCUT2D eigenvalue weighted by molar-refractivity contribution is 0.590. The number of hydrogen-bond acceptors (Lipinski definition) is 4. The summed E-state index contributed by atoms with van der Waals surface area (Å²) in [7, 11) is 0. The molecule has 16 aromatic rings. The standard InChI is InChI=1S/C122H130N4/c1-17-19-21-23-25-27-29-87-35-67-103(68-36-87)123(101-63-31-85(3)32-64-101)113-83-115(125(105-71-47-93(48-72-105)89-39-55-97(56-40-89)119(5,6)7)106-73-49-94(50-74-106)90-41-57-98(58-42-90)120(8,9)10)111-82-80-110-114(124(102-65-33-86(4)34-66-102)104-69-37-88(38-70-104)30-28-26-24-22-20-18-2)84-116(112-81-79-109(113)117(111)118(110)112)126(107-75-51-95(52-76-107)91-43-59-99(60-44-91)121(11,12)13)108-77-53-96(54-78-108)92-45-61-100(62-46-92)122(14,15)16/h31-84H,17-30H2,1-16H3. The Hall–Kier alpha value is -12.2. The van der Waals surface area contributed by atoms with Crippen LogP contribution >= 0.6 is 0 Å². The zero-order valence-electron chi connectivity index (χ0n) is 77.9. The van der Waals surface area contributed by atoms with Gasteiger partial charge in [-0.1, -0.05) is 391 Å². The summed E-state index contributed by atoms with van der Waals surface area (Å²) in [6.07, 6.45) is 17.2. The molecular formula is C122H130N4. The van der Waals surface area contributed by atoms with E-state index in [1.807, 2.05) is 0 Å². The van der Waals surface area contributed by atoms with Crippen molar-refractivity contribution in [3.63, 3.8) is 0 Å². The van der Waals surface area contributed by atoms with Crippen molar-refractivity contribution in [1.29, 1.82) is 0 Å². The first-order valence-corrected chi connectivity index (χ1v) is 46.9. The van der Waals surface area contributed by atoms with E-state index < -0.39 is 0 Å². The number of anilines is 12. The largest absolute Gasteiger partial charge is 0.310 e. The van der Waals surface area contributed by atoms with Crippen LogP contribution in [0.5, 0.6) is 0 Å². The SMILES string of the molecule is CCCCCCCCc1ccc(N(c2ccc(C)cc2)c2cc(N(c3ccc(-c4ccc(C(C)(C)C)cc4)cc3)c3ccc(-c4ccc(C(C)(C)C)cc4)cc3)c3ccc4c(N(c5ccc(C)cc5)c5ccc(CCCCCCCC)cc5)cc(N(c5ccc(-c6ccc(C(C)(C)C)cc6)cc5)c5ccc(-c6ccc(C(C)(C)C)cc6)cc5)c5ccc2c3c45)cc1. The van der Waals surface area contributed by atoms with Gasteiger partial charge in [-0.05, 0) is 248 Å². The average molecular weight is 1650 g/mol. The van der Waals surface area contributed by atoms with Crippen LogP contribution in [0.2, 0.25) is 0 Å². The van der Waals surface area contributed by atoms with Gasteiger partial charge >= 0.3 is 0 Å². The van der Waals surface area contributed by atoms with Crippen molar-refractivity contribution in [3.8, 4) is 44.5 Å². The molecule has 638 valence electrons. The number of nitrogens with zero attached hydrogens (tertiary/aromatic N) is 4. The summed E-state index contributed by atoms with van der Waals surface area (Å²) in [6, 6.07) is 127. The molecule has 16 rings (SSSR count). The molecule has 126 heavy (non-hydrogen) atoms. The van der Waals surface area contributed by atoms with E-state index in [9.17, 15) is 0 Å². The van der Waals surface area contributed by atoms with Crippen molar-refractivity contribution in [2.45, 2.75) is 222 Å². The van der Waals surface area contributed by atoms with Crippen LogP contribution in [0.4, 0.5) is 68.2 Å². The fourth-order valence-corrected chi connectivity index (χ4v) is 18.5. The maximum absolute atomic E-state index is 2.56. The van der Waals surface area contributed by atoms with E-state index in [1.54, 1.807) is 0 Å². The summed E-state index contributed by atoms with van der Waals surface area (Å²) in [5.74, 6) is 0. The van der Waals surface area contributed by atoms with E-state index in [4.69, 9.17) is 0 Å². The lowest BCUT2D eigenvalue weighted by Gasteiger charge is -2.34. The Bertz CT molecular complexity index is 5700. The van der Waals surface area contributed by atoms with Crippen molar-refractivity contribution in [2.24, 2.45) is 0 Å². The topological polar surface area (TPSA) is 13.0 Å². The van der Waals surface area contributed by atoms with E-state index in [2.05, 4.69) is 458 Å². The van der Waals surface area contributed by atoms with Gasteiger partial charge in [0.05, 0.1) is 22.7 Å². The van der Waals surface area contributed by atoms with E-state index in [-0.39, 0.29) is 21.7 Å². The first-order valence-electron chi connectivity index (χ1n) is 46.9. The fourth-order valence-electron chi connectivity index (χ4n) is 18.5. The average Bonchev–Trinajstić information content (AvgIpc) is 0.698. The molecule has 0 saturated carbocycles. The third-order valence-electron chi connectivity index (χ3n) is 26.2. The van der Waals surface area contributed by atoms with Crippen molar-refractivity contribution in [1.82, 2.24) is 0 Å². The van der Waals surface area contributed by atoms with Crippen LogP contribution in [0.1, 0.15) is 218 Å². The Balaban J connectivity index is 1.00. The monoisotopic (exact) mass is 1650 g/mol. The van der Waals surface area contributed by atoms with Gasteiger partial charge in [0.1, 0.15) is 0 Å². The zero-order valence-corrected chi connectivity index (χ0v) is 77.9. The Morgan fingerprint density at radius 1 is 0.190 bits per heavy atom. The molecule has 0 amide bonds. The molecular weight excluding hydrogens is 1520 g/mol. The quantitative estimate of drug-likeness (QED) is 0.0329. The highest BCUT2D eigenvalue weighted by Crippen LogP contribution is 2.56. The van der Waals surface area contributed by atoms with Gasteiger partial charge in [0.2, 0.25) is 0 Å². The predicted octanol–water partition coefficient (Wildman–Crippen LogP) is 36.7. The van der Waals surface area contributed by atoms with Crippen molar-refractivity contribution >= 4 is 101 Å². The molecule has 0 aliphatic heterocycles. The smallest absolute Gasteiger partial charge is 0.0561 e. The molecule has 0 aromatic heterocycles. The van der Waals surface area contributed by atoms with Crippen LogP contribution in [0.25, 0.3) is 76.8 Å². The molecule has 0 spiro atoms. The second kappa shape index (κ2) is 37.5. The van der Waals surface area contributed by atoms with Gasteiger partial charge in [-0.2, -0.15) is 0 Å². The summed E-state index contributed by atoms with van der Waals surface area (Å²) in [5, 5.41) is 6.90. The van der Waals surface area contributed by atoms with E-state index in [0.717, 1.165) is 103 Å². The molecule has 0 fully saturated rings. The Morgan fingerprint density at radius 2 is 0.365 bits per heavy atom. The molecule has 0 radical (unpaired) electrons. The second-order valence-electron chi connectivity index (χ2n) is 39.8. The van der Waals surface area contributed by atoms with Crippen LogP contribution in [-0.2, 0) is 34.5 Å². The van der Waals surface area contributed by atoms with Crippen LogP contribution in [-0.4, -0.2) is 0 Å². The first-order chi connectivity index (χ1) is 60.7. The van der Waals surface area contributed by atoms with Gasteiger partial charge < -0.3 is 19.6 Å². The summed E-state index contributed by atoms with van der Waals surface area (Å²) >= 11 is 0. The van der Waals surface area contributed by atoms with E-state index in [1.165, 1.54) is 177 Å². The van der Waals surface area contributed by atoms with Crippen LogP contribution in [0.15, 0.2) is 328 Å². The highest BCUT2D eigenvalue weighted by atomic mass is 15.2. The fraction of sp³-hybridized carbons (Fsp3) is 0.279. The maximum atomic E-state index is 2.56. The number of unbranched alkanes of at least 4 members (excludes halogenated alkanes) is 10. The summed E-state index contributed by atoms with van der Waals surface area (Å²) in [5.41, 5.74) is 32.8. The van der Waals surface area contributed by atoms with E-state index in [0.29, 0.717) is 0 Å². The summed E-state index contributed by atoms with van der Waals surface area (Å²) in [4.78, 5) is 10.2. The third kappa shape index (κ3) is 19.4. The highest BCUT2D eigenvalue weighted by molar-refractivity contribution is 6.33. The van der Waals surface area contributed by atoms with Crippen molar-refractivity contribution in [2.75, 3.05) is 19.6 Å². The van der Waals surface area contributed by atoms with Crippen molar-refractivity contribution < 1.29 is 0 Å². The molecule has 0 heterocycles. The number of aryl methyl sites for hydroxylation is 4. The number of benzene rings is 16. The second-order valence-corrected chi connectivity index (χ2v) is 39.8. The van der Waals surface area contributed by atoms with Gasteiger partial charge in [-0.25, -0.2) is 0 Å². The van der Waals surface area contributed by atoms with E-state index >= 15 is 0 Å². The summed E-state index contributed by atoms with van der Waals surface area (Å²) in [6.45, 7) is 36.6. The Morgan fingerprint density at radius 3 is 0.563 bits per heavy atom. The van der Waals surface area contributed by atoms with Gasteiger partial charge in [-0.3, -0.25) is 0 Å². The van der Waals surface area contributed by atoms with Gasteiger partial charge in [0, 0.05) is 77.8 Å². The zero-order chi connectivity index (χ0) is 88.0. The normalized spacial score (nSPS) is 12.1. The molecule has 0 aliphatic rings. The first kappa shape index (κ1) is 87.2. The third-order valence-corrected chi connectivity index (χ3v) is 26.2. The number of rotatable bonds is 30. The summed E-state index contributed by atoms with van der Waals surface area (Å²) < 4.78 is 0. The van der Waals surface area contributed by atoms with Crippen LogP contribution in [0, 0.1) is 13.8 Å². The predicted molar refractivity (Wildman–Crippen MR) is 549 cm³/mol. The minimum Gasteiger partial charge on any atom is -0.310 e. The van der Waals surface area contributed by atoms with Crippen LogP contribution in [0.3, 0.4) is 0 Å². The molecule has 4 nitrogen and oxygen atoms in total. The molecule has 0 bridgehead atoms. The highest BCUT2D eigenvalue weighted by Gasteiger charge is 2.31. The number of hydrogen-bond donors (Lipinski definition) is 0. The van der Waals surface area contributed by atoms with Crippen LogP contribution < -0.4 is 19.6 Å². The minimum atomic E-state index is 0.0283. The van der Waals surface area contributed by atoms with Gasteiger partial charge in [0.15, 0.2) is 0 Å². The lowest BCUT2D eigenvalue weighted by atomic mass is 9.86.